The highest BCUT2D eigenvalue weighted by Crippen LogP contribution is 2.20. The van der Waals surface area contributed by atoms with Crippen molar-refractivity contribution < 1.29 is 5.11 Å². The van der Waals surface area contributed by atoms with Crippen molar-refractivity contribution in [3.8, 4) is 0 Å². The molecule has 0 amide bonds. The molecule has 94 valence electrons. The highest BCUT2D eigenvalue weighted by atomic mass is 32.2. The maximum absolute atomic E-state index is 9.04. The molecule has 4 heteroatoms. The molecule has 0 saturated carbocycles. The van der Waals surface area contributed by atoms with Gasteiger partial charge in [0.05, 0.1) is 6.61 Å². The molecule has 0 aliphatic rings. The molecule has 0 aliphatic heterocycles. The van der Waals surface area contributed by atoms with Gasteiger partial charge in [0.2, 0.25) is 0 Å². The van der Waals surface area contributed by atoms with Gasteiger partial charge in [-0.05, 0) is 11.6 Å². The van der Waals surface area contributed by atoms with Crippen LogP contribution in [0.3, 0.4) is 0 Å². The van der Waals surface area contributed by atoms with Crippen LogP contribution in [-0.4, -0.2) is 26.9 Å². The van der Waals surface area contributed by atoms with E-state index in [1.807, 2.05) is 31.2 Å². The van der Waals surface area contributed by atoms with Crippen LogP contribution >= 0.6 is 11.8 Å². The van der Waals surface area contributed by atoms with Crippen LogP contribution in [0.1, 0.15) is 18.3 Å². The average Bonchev–Trinajstić information content (AvgIpc) is 2.40. The molecule has 0 radical (unpaired) electrons. The van der Waals surface area contributed by atoms with Crippen LogP contribution in [0.2, 0.25) is 0 Å². The van der Waals surface area contributed by atoms with Crippen molar-refractivity contribution in [3.63, 3.8) is 0 Å². The third-order valence-corrected chi connectivity index (χ3v) is 3.48. The molecule has 1 heterocycles. The fraction of sp³-hybridized carbons (Fsp3) is 0.286. The van der Waals surface area contributed by atoms with E-state index in [1.54, 1.807) is 18.0 Å². The standard InChI is InChI=1S/C14H16N2OS/c1-11(10-17)18-14-7-8-15-13(16-14)9-12-5-3-2-4-6-12/h2-8,11,17H,9-10H2,1H3. The van der Waals surface area contributed by atoms with Gasteiger partial charge in [0, 0.05) is 17.9 Å². The van der Waals surface area contributed by atoms with Crippen LogP contribution in [0.25, 0.3) is 0 Å². The number of benzene rings is 1. The largest absolute Gasteiger partial charge is 0.395 e. The number of nitrogens with zero attached hydrogens (tertiary/aromatic N) is 2. The molecular formula is C14H16N2OS. The number of aliphatic hydroxyl groups excluding tert-OH is 1. The Morgan fingerprint density at radius 3 is 2.72 bits per heavy atom. The van der Waals surface area contributed by atoms with Crippen LogP contribution in [0.5, 0.6) is 0 Å². The number of thioether (sulfide) groups is 1. The molecule has 0 fully saturated rings. The Hall–Kier alpha value is -1.39. The lowest BCUT2D eigenvalue weighted by Crippen LogP contribution is -2.04. The fourth-order valence-corrected chi connectivity index (χ4v) is 2.34. The summed E-state index contributed by atoms with van der Waals surface area (Å²) in [6.45, 7) is 2.13. The lowest BCUT2D eigenvalue weighted by molar-refractivity contribution is 0.300. The summed E-state index contributed by atoms with van der Waals surface area (Å²) in [4.78, 5) is 8.78. The molecule has 0 saturated heterocycles. The smallest absolute Gasteiger partial charge is 0.133 e. The van der Waals surface area contributed by atoms with Crippen molar-refractivity contribution in [3.05, 3.63) is 54.0 Å². The summed E-state index contributed by atoms with van der Waals surface area (Å²) in [6.07, 6.45) is 2.51. The molecule has 0 aliphatic carbocycles. The van der Waals surface area contributed by atoms with Crippen molar-refractivity contribution in [1.29, 1.82) is 0 Å². The summed E-state index contributed by atoms with van der Waals surface area (Å²) in [6, 6.07) is 12.0. The van der Waals surface area contributed by atoms with Gasteiger partial charge in [-0.25, -0.2) is 9.97 Å². The third-order valence-electron chi connectivity index (χ3n) is 2.46. The van der Waals surface area contributed by atoms with Gasteiger partial charge < -0.3 is 5.11 Å². The first-order valence-electron chi connectivity index (χ1n) is 5.91. The molecule has 1 aromatic heterocycles. The summed E-state index contributed by atoms with van der Waals surface area (Å²) in [5.74, 6) is 0.816. The first kappa shape index (κ1) is 13.1. The van der Waals surface area contributed by atoms with E-state index < -0.39 is 0 Å². The molecule has 3 nitrogen and oxygen atoms in total. The maximum Gasteiger partial charge on any atom is 0.133 e. The zero-order chi connectivity index (χ0) is 12.8. The Morgan fingerprint density at radius 1 is 1.22 bits per heavy atom. The lowest BCUT2D eigenvalue weighted by Gasteiger charge is -2.07. The number of hydrogen-bond donors (Lipinski definition) is 1. The molecule has 0 spiro atoms. The van der Waals surface area contributed by atoms with Crippen LogP contribution < -0.4 is 0 Å². The van der Waals surface area contributed by atoms with Crippen LogP contribution in [0.4, 0.5) is 0 Å². The van der Waals surface area contributed by atoms with Gasteiger partial charge >= 0.3 is 0 Å². The van der Waals surface area contributed by atoms with Gasteiger partial charge in [-0.1, -0.05) is 37.3 Å². The van der Waals surface area contributed by atoms with Crippen LogP contribution in [0.15, 0.2) is 47.6 Å². The fourth-order valence-electron chi connectivity index (χ4n) is 1.55. The lowest BCUT2D eigenvalue weighted by atomic mass is 10.1. The van der Waals surface area contributed by atoms with Gasteiger partial charge in [-0.2, -0.15) is 0 Å². The summed E-state index contributed by atoms with van der Waals surface area (Å²) >= 11 is 1.57. The molecule has 2 aromatic rings. The van der Waals surface area contributed by atoms with E-state index in [9.17, 15) is 0 Å². The molecule has 1 atom stereocenters. The molecule has 1 unspecified atom stereocenters. The Morgan fingerprint density at radius 2 is 2.00 bits per heavy atom. The SMILES string of the molecule is CC(CO)Sc1ccnc(Cc2ccccc2)n1. The Bertz CT molecular complexity index is 490. The second kappa shape index (κ2) is 6.52. The Labute approximate surface area is 111 Å². The van der Waals surface area contributed by atoms with Gasteiger partial charge in [-0.3, -0.25) is 0 Å². The maximum atomic E-state index is 9.04. The van der Waals surface area contributed by atoms with Gasteiger partial charge in [0.15, 0.2) is 0 Å². The minimum Gasteiger partial charge on any atom is -0.395 e. The summed E-state index contributed by atoms with van der Waals surface area (Å²) < 4.78 is 0. The minimum atomic E-state index is 0.155. The van der Waals surface area contributed by atoms with Crippen molar-refractivity contribution >= 4 is 11.8 Å². The zero-order valence-electron chi connectivity index (χ0n) is 10.3. The highest BCUT2D eigenvalue weighted by Gasteiger charge is 2.06. The predicted molar refractivity (Wildman–Crippen MR) is 73.7 cm³/mol. The van der Waals surface area contributed by atoms with E-state index in [0.717, 1.165) is 17.3 Å². The minimum absolute atomic E-state index is 0.155. The molecule has 1 aromatic carbocycles. The second-order valence-corrected chi connectivity index (χ2v) is 5.54. The second-order valence-electron chi connectivity index (χ2n) is 4.08. The number of aliphatic hydroxyl groups is 1. The number of hydrogen-bond acceptors (Lipinski definition) is 4. The van der Waals surface area contributed by atoms with Crippen molar-refractivity contribution in [2.75, 3.05) is 6.61 Å². The Balaban J connectivity index is 2.08. The highest BCUT2D eigenvalue weighted by molar-refractivity contribution is 7.99. The van der Waals surface area contributed by atoms with E-state index in [-0.39, 0.29) is 11.9 Å². The summed E-state index contributed by atoms with van der Waals surface area (Å²) in [5, 5.41) is 10.1. The van der Waals surface area contributed by atoms with Crippen molar-refractivity contribution in [1.82, 2.24) is 9.97 Å². The van der Waals surface area contributed by atoms with E-state index in [1.165, 1.54) is 5.56 Å². The first-order valence-corrected chi connectivity index (χ1v) is 6.79. The van der Waals surface area contributed by atoms with Crippen LogP contribution in [-0.2, 0) is 6.42 Å². The van der Waals surface area contributed by atoms with Gasteiger partial charge in [0.25, 0.3) is 0 Å². The normalized spacial score (nSPS) is 12.3. The Kier molecular flexibility index (Phi) is 4.73. The third kappa shape index (κ3) is 3.82. The predicted octanol–water partition coefficient (Wildman–Crippen LogP) is 2.54. The van der Waals surface area contributed by atoms with E-state index in [2.05, 4.69) is 22.1 Å². The van der Waals surface area contributed by atoms with Crippen molar-refractivity contribution in [2.24, 2.45) is 0 Å². The van der Waals surface area contributed by atoms with Gasteiger partial charge in [0.1, 0.15) is 10.9 Å². The zero-order valence-corrected chi connectivity index (χ0v) is 11.1. The summed E-state index contributed by atoms with van der Waals surface area (Å²) in [5.41, 5.74) is 1.20. The number of rotatable bonds is 5. The molecular weight excluding hydrogens is 244 g/mol. The summed E-state index contributed by atoms with van der Waals surface area (Å²) in [7, 11) is 0. The van der Waals surface area contributed by atoms with E-state index in [0.29, 0.717) is 0 Å². The average molecular weight is 260 g/mol. The molecule has 1 N–H and O–H groups in total. The van der Waals surface area contributed by atoms with E-state index >= 15 is 0 Å². The monoisotopic (exact) mass is 260 g/mol. The number of aromatic nitrogens is 2. The first-order chi connectivity index (χ1) is 8.78. The van der Waals surface area contributed by atoms with Gasteiger partial charge in [-0.15, -0.1) is 11.8 Å². The van der Waals surface area contributed by atoms with Crippen molar-refractivity contribution in [2.45, 2.75) is 23.6 Å². The van der Waals surface area contributed by atoms with Crippen LogP contribution in [0, 0.1) is 0 Å². The topological polar surface area (TPSA) is 46.0 Å². The molecule has 18 heavy (non-hydrogen) atoms. The molecule has 0 bridgehead atoms. The van der Waals surface area contributed by atoms with E-state index in [4.69, 9.17) is 5.11 Å². The molecule has 2 rings (SSSR count). The quantitative estimate of drug-likeness (QED) is 0.663.